The number of nitroso groups, excluding NO2 is 1. The summed E-state index contributed by atoms with van der Waals surface area (Å²) >= 11 is 0. The molecule has 0 aliphatic carbocycles. The second kappa shape index (κ2) is 26.6. The lowest BCUT2D eigenvalue weighted by Gasteiger charge is -2.03. The van der Waals surface area contributed by atoms with E-state index in [0.29, 0.717) is 42.5 Å². The fraction of sp³-hybridized carbons (Fsp3) is 0.0390. The van der Waals surface area contributed by atoms with Gasteiger partial charge in [0.2, 0.25) is 0 Å². The van der Waals surface area contributed by atoms with Crippen molar-refractivity contribution in [3.8, 4) is 45.0 Å². The van der Waals surface area contributed by atoms with Gasteiger partial charge in [-0.25, -0.2) is 34.0 Å². The largest absolute Gasteiger partial charge is 0.394 e. The first-order chi connectivity index (χ1) is 46.3. The van der Waals surface area contributed by atoms with Gasteiger partial charge in [-0.2, -0.15) is 20.4 Å². The van der Waals surface area contributed by atoms with Crippen molar-refractivity contribution in [3.63, 3.8) is 0 Å². The molecular weight excluding hydrogens is 1160 g/mol. The van der Waals surface area contributed by atoms with Gasteiger partial charge in [-0.3, -0.25) is 5.10 Å². The molecule has 7 N–H and O–H groups in total. The third kappa shape index (κ3) is 12.5. The standard InChI is InChI=1S/C22H16N4.C20H16N4O.C20H18N4.C15H10N4/c1-2-6-16(7-3-1)15-26-22-21(23-12-13-24-22)20(25-26)19-11-10-17-8-4-5-9-18(17)14-19;21-20-19(23-25)18(22-24(20)13-14-6-2-1-3-7-14)17-11-10-15-8-4-5-9-16(15)12-17;21-18-19(17-11-10-15-8-4-5-9-16(15)12-17)23-24(20(18)22)13-14-6-2-1-3-7-14;1-2-4-11-9-12(6-5-10(11)3-1)13-14-15(19-18-13)17-8-7-16-14/h1-14H,15H2;1-12H,13,21H2;1-12H,13,21-22H2;1-9H,(H,17,18,19). The predicted octanol–water partition coefficient (Wildman–Crippen LogP) is 16.5. The zero-order valence-electron chi connectivity index (χ0n) is 50.8. The highest BCUT2D eigenvalue weighted by molar-refractivity contribution is 5.95. The molecule has 17 rings (SSSR count). The molecule has 0 saturated carbocycles. The Morgan fingerprint density at radius 1 is 0.351 bits per heavy atom. The SMILES string of the molecule is Nc1c(-c2ccc3ccccc3c2)nn(Cc2ccccc2)c1N.Nc1c(N=O)c(-c2ccc3ccccc3c2)nn1Cc1ccccc1.c1ccc(Cn2nc(-c3ccc4ccccc4c3)c3nccnc32)cc1.c1ccc2cc(-c3[nH]nc4nccnc34)ccc2c1. The Balaban J connectivity index is 0.000000109. The summed E-state index contributed by atoms with van der Waals surface area (Å²) < 4.78 is 5.31. The number of fused-ring (bicyclic) bond motifs is 6. The average molecular weight is 1230 g/mol. The van der Waals surface area contributed by atoms with Crippen molar-refractivity contribution in [2.75, 3.05) is 17.2 Å². The molecule has 454 valence electrons. The lowest BCUT2D eigenvalue weighted by molar-refractivity contribution is 0.700. The molecule has 17 heteroatoms. The highest BCUT2D eigenvalue weighted by Gasteiger charge is 2.20. The first kappa shape index (κ1) is 58.7. The predicted molar refractivity (Wildman–Crippen MR) is 379 cm³/mol. The zero-order valence-corrected chi connectivity index (χ0v) is 50.8. The number of nitrogens with one attached hydrogen (secondary N) is 1. The fourth-order valence-corrected chi connectivity index (χ4v) is 11.5. The molecule has 0 fully saturated rings. The van der Waals surface area contributed by atoms with Gasteiger partial charge in [0.15, 0.2) is 22.8 Å². The molecule has 0 aliphatic rings. The number of nitrogen functional groups attached to an aromatic ring is 3. The Bertz CT molecular complexity index is 5510. The molecule has 17 nitrogen and oxygen atoms in total. The van der Waals surface area contributed by atoms with E-state index in [1.807, 2.05) is 156 Å². The summed E-state index contributed by atoms with van der Waals surface area (Å²) in [5.74, 6) is 0.782. The number of rotatable bonds is 11. The van der Waals surface area contributed by atoms with E-state index >= 15 is 0 Å². The minimum Gasteiger partial charge on any atom is -0.394 e. The lowest BCUT2D eigenvalue weighted by atomic mass is 10.0. The number of benzene rings is 11. The van der Waals surface area contributed by atoms with Crippen molar-refractivity contribution in [2.24, 2.45) is 5.18 Å². The topological polar surface area (TPSA) is 241 Å². The zero-order chi connectivity index (χ0) is 63.7. The van der Waals surface area contributed by atoms with E-state index in [0.717, 1.165) is 83.3 Å². The number of hydrogen-bond donors (Lipinski definition) is 4. The Morgan fingerprint density at radius 3 is 1.22 bits per heavy atom. The number of anilines is 3. The Hall–Kier alpha value is -13.0. The lowest BCUT2D eigenvalue weighted by Crippen LogP contribution is -2.06. The summed E-state index contributed by atoms with van der Waals surface area (Å²) in [4.78, 5) is 29.0. The number of hydrogen-bond acceptors (Lipinski definition) is 13. The fourth-order valence-electron chi connectivity index (χ4n) is 11.5. The Morgan fingerprint density at radius 2 is 0.723 bits per heavy atom. The first-order valence-electron chi connectivity index (χ1n) is 30.5. The van der Waals surface area contributed by atoms with Gasteiger partial charge in [-0.15, -0.1) is 4.91 Å². The Kier molecular flexibility index (Phi) is 16.6. The van der Waals surface area contributed by atoms with Gasteiger partial charge in [0, 0.05) is 47.0 Å². The van der Waals surface area contributed by atoms with Gasteiger partial charge >= 0.3 is 0 Å². The van der Waals surface area contributed by atoms with Crippen LogP contribution in [-0.2, 0) is 19.6 Å². The molecule has 6 aromatic heterocycles. The number of nitrogens with two attached hydrogens (primary N) is 3. The van der Waals surface area contributed by atoms with Crippen LogP contribution in [0.5, 0.6) is 0 Å². The van der Waals surface area contributed by atoms with Gasteiger partial charge in [0.25, 0.3) is 0 Å². The molecule has 0 aliphatic heterocycles. The average Bonchev–Trinajstić information content (AvgIpc) is 1.65. The monoisotopic (exact) mass is 1220 g/mol. The van der Waals surface area contributed by atoms with Crippen LogP contribution < -0.4 is 17.2 Å². The van der Waals surface area contributed by atoms with Crippen LogP contribution in [0, 0.1) is 4.91 Å². The molecule has 0 radical (unpaired) electrons. The van der Waals surface area contributed by atoms with Crippen molar-refractivity contribution >= 4 is 88.4 Å². The van der Waals surface area contributed by atoms with E-state index in [1.54, 1.807) is 34.2 Å². The van der Waals surface area contributed by atoms with E-state index in [4.69, 9.17) is 22.3 Å². The summed E-state index contributed by atoms with van der Waals surface area (Å²) in [7, 11) is 0. The molecule has 6 heterocycles. The van der Waals surface area contributed by atoms with E-state index < -0.39 is 0 Å². The molecule has 94 heavy (non-hydrogen) atoms. The molecule has 0 atom stereocenters. The third-order valence-electron chi connectivity index (χ3n) is 16.3. The van der Waals surface area contributed by atoms with Gasteiger partial charge in [-0.05, 0) is 89.2 Å². The summed E-state index contributed by atoms with van der Waals surface area (Å²) in [6.45, 7) is 1.76. The van der Waals surface area contributed by atoms with E-state index in [9.17, 15) is 4.91 Å². The molecule has 0 unspecified atom stereocenters. The Labute approximate surface area is 539 Å². The maximum absolute atomic E-state index is 11.4. The second-order valence-corrected chi connectivity index (χ2v) is 22.4. The minimum absolute atomic E-state index is 0.186. The van der Waals surface area contributed by atoms with Gasteiger partial charge in [0.05, 0.1) is 25.3 Å². The molecule has 0 spiro atoms. The van der Waals surface area contributed by atoms with Crippen molar-refractivity contribution in [1.82, 2.24) is 59.5 Å². The maximum Gasteiger partial charge on any atom is 0.200 e. The van der Waals surface area contributed by atoms with Gasteiger partial charge in [-0.1, -0.05) is 237 Å². The first-order valence-corrected chi connectivity index (χ1v) is 30.5. The highest BCUT2D eigenvalue weighted by atomic mass is 16.3. The van der Waals surface area contributed by atoms with Crippen molar-refractivity contribution < 1.29 is 0 Å². The quantitative estimate of drug-likeness (QED) is 0.0884. The van der Waals surface area contributed by atoms with Crippen LogP contribution in [-0.4, -0.2) is 59.5 Å². The second-order valence-electron chi connectivity index (χ2n) is 22.4. The number of nitrogens with zero attached hydrogens (tertiary/aromatic N) is 12. The number of aromatic amines is 1. The van der Waals surface area contributed by atoms with Gasteiger partial charge < -0.3 is 17.2 Å². The van der Waals surface area contributed by atoms with Crippen LogP contribution in [0.1, 0.15) is 16.7 Å². The molecule has 0 bridgehead atoms. The molecule has 11 aromatic carbocycles. The van der Waals surface area contributed by atoms with E-state index in [-0.39, 0.29) is 11.5 Å². The van der Waals surface area contributed by atoms with E-state index in [2.05, 4.69) is 155 Å². The van der Waals surface area contributed by atoms with Crippen LogP contribution in [0.25, 0.3) is 110 Å². The van der Waals surface area contributed by atoms with Crippen molar-refractivity contribution in [1.29, 1.82) is 0 Å². The molecule has 0 saturated heterocycles. The molecule has 17 aromatic rings. The highest BCUT2D eigenvalue weighted by Crippen LogP contribution is 2.37. The number of H-pyrrole nitrogens is 1. The van der Waals surface area contributed by atoms with Crippen molar-refractivity contribution in [3.05, 3.63) is 307 Å². The van der Waals surface area contributed by atoms with Crippen LogP contribution in [0.4, 0.5) is 23.0 Å². The van der Waals surface area contributed by atoms with Crippen LogP contribution in [0.15, 0.2) is 291 Å². The third-order valence-corrected chi connectivity index (χ3v) is 16.3. The summed E-state index contributed by atoms with van der Waals surface area (Å²) in [5, 5.41) is 33.8. The van der Waals surface area contributed by atoms with Crippen LogP contribution in [0.2, 0.25) is 0 Å². The summed E-state index contributed by atoms with van der Waals surface area (Å²) in [6, 6.07) is 88.0. The summed E-state index contributed by atoms with van der Waals surface area (Å²) in [6.07, 6.45) is 6.77. The van der Waals surface area contributed by atoms with Crippen LogP contribution >= 0.6 is 0 Å². The van der Waals surface area contributed by atoms with Crippen molar-refractivity contribution in [2.45, 2.75) is 19.6 Å². The molecular formula is C77H60N16O. The van der Waals surface area contributed by atoms with Gasteiger partial charge in [0.1, 0.15) is 39.6 Å². The minimum atomic E-state index is 0.186. The smallest absolute Gasteiger partial charge is 0.200 e. The van der Waals surface area contributed by atoms with E-state index in [1.165, 1.54) is 32.5 Å². The van der Waals surface area contributed by atoms with Crippen LogP contribution in [0.3, 0.4) is 0 Å². The summed E-state index contributed by atoms with van der Waals surface area (Å²) in [5.41, 5.74) is 32.6. The number of aromatic nitrogens is 12. The maximum atomic E-state index is 11.4. The molecule has 0 amide bonds. The normalized spacial score (nSPS) is 11.1.